The molecule has 0 unspecified atom stereocenters. The minimum atomic E-state index is -3.12. The zero-order valence-electron chi connectivity index (χ0n) is 15.4. The minimum Gasteiger partial charge on any atom is -0.309 e. The average molecular weight is 451 g/mol. The van der Waals surface area contributed by atoms with Crippen LogP contribution in [-0.4, -0.2) is 0 Å². The van der Waals surface area contributed by atoms with E-state index in [4.69, 9.17) is 0 Å². The van der Waals surface area contributed by atoms with Gasteiger partial charge in [-0.05, 0) is 17.7 Å². The van der Waals surface area contributed by atoms with Crippen LogP contribution < -0.4 is 15.9 Å². The fraction of sp³-hybridized carbons (Fsp3) is 0. The van der Waals surface area contributed by atoms with Crippen molar-refractivity contribution in [3.05, 3.63) is 97.1 Å². The summed E-state index contributed by atoms with van der Waals surface area (Å²) >= 11 is 13.8. The summed E-state index contributed by atoms with van der Waals surface area (Å²) in [6.45, 7) is 0. The fourth-order valence-electron chi connectivity index (χ4n) is 3.54. The van der Waals surface area contributed by atoms with Crippen LogP contribution in [0.2, 0.25) is 0 Å². The molecule has 0 spiro atoms. The lowest BCUT2D eigenvalue weighted by atomic mass is 10.1. The molecule has 0 aliphatic heterocycles. The third-order valence-corrected chi connectivity index (χ3v) is 8.92. The van der Waals surface area contributed by atoms with Gasteiger partial charge in [-0.3, -0.25) is 0 Å². The molecule has 0 atom stereocenters. The Morgan fingerprint density at radius 2 is 1.03 bits per heavy atom. The summed E-state index contributed by atoms with van der Waals surface area (Å²) in [5.74, 6) is 0. The minimum absolute atomic E-state index is 0.752. The van der Waals surface area contributed by atoms with Crippen LogP contribution in [0.1, 0.15) is 0 Å². The maximum atomic E-state index is 14.8. The number of thiol groups is 3. The molecule has 0 heterocycles. The van der Waals surface area contributed by atoms with E-state index < -0.39 is 7.14 Å². The largest absolute Gasteiger partial charge is 0.309 e. The molecular weight excluding hydrogens is 431 g/mol. The molecule has 4 aromatic carbocycles. The molecule has 0 N–H and O–H groups in total. The van der Waals surface area contributed by atoms with Gasteiger partial charge < -0.3 is 4.57 Å². The predicted molar refractivity (Wildman–Crippen MR) is 133 cm³/mol. The van der Waals surface area contributed by atoms with Crippen molar-refractivity contribution in [3.63, 3.8) is 0 Å². The zero-order chi connectivity index (χ0) is 20.4. The average Bonchev–Trinajstić information content (AvgIpc) is 2.74. The Hall–Kier alpha value is -1.84. The van der Waals surface area contributed by atoms with E-state index in [1.54, 1.807) is 0 Å². The van der Waals surface area contributed by atoms with Gasteiger partial charge in [-0.15, -0.1) is 37.9 Å². The molecule has 4 aromatic rings. The molecule has 1 nitrogen and oxygen atoms in total. The van der Waals surface area contributed by atoms with Crippen molar-refractivity contribution in [2.75, 3.05) is 0 Å². The SMILES string of the molecule is O=P(c1ccccc1)(c1ccccc1)c1ccccc1-c1c(S)cc(S)cc1S. The Balaban J connectivity index is 2.07. The lowest BCUT2D eigenvalue weighted by Gasteiger charge is -2.24. The Bertz CT molecular complexity index is 1140. The van der Waals surface area contributed by atoms with Crippen LogP contribution in [0.5, 0.6) is 0 Å². The van der Waals surface area contributed by atoms with E-state index >= 15 is 0 Å². The van der Waals surface area contributed by atoms with Gasteiger partial charge in [0.25, 0.3) is 0 Å². The van der Waals surface area contributed by atoms with E-state index in [-0.39, 0.29) is 0 Å². The molecule has 5 heteroatoms. The van der Waals surface area contributed by atoms with Crippen molar-refractivity contribution >= 4 is 60.9 Å². The quantitative estimate of drug-likeness (QED) is 0.262. The van der Waals surface area contributed by atoms with Gasteiger partial charge in [-0.1, -0.05) is 84.9 Å². The normalized spacial score (nSPS) is 11.4. The first-order chi connectivity index (χ1) is 14.0. The van der Waals surface area contributed by atoms with Crippen molar-refractivity contribution in [3.8, 4) is 11.1 Å². The Morgan fingerprint density at radius 3 is 1.55 bits per heavy atom. The molecule has 0 aliphatic rings. The van der Waals surface area contributed by atoms with Crippen molar-refractivity contribution in [1.82, 2.24) is 0 Å². The van der Waals surface area contributed by atoms with E-state index in [9.17, 15) is 4.57 Å². The topological polar surface area (TPSA) is 17.1 Å². The summed E-state index contributed by atoms with van der Waals surface area (Å²) < 4.78 is 14.8. The van der Waals surface area contributed by atoms with Crippen LogP contribution in [0.15, 0.2) is 112 Å². The van der Waals surface area contributed by atoms with Crippen LogP contribution in [0.3, 0.4) is 0 Å². The summed E-state index contributed by atoms with van der Waals surface area (Å²) in [6.07, 6.45) is 0. The third-order valence-electron chi connectivity index (χ3n) is 4.83. The van der Waals surface area contributed by atoms with Crippen LogP contribution in [0.4, 0.5) is 0 Å². The maximum Gasteiger partial charge on any atom is 0.171 e. The van der Waals surface area contributed by atoms with Crippen molar-refractivity contribution in [1.29, 1.82) is 0 Å². The number of rotatable bonds is 4. The highest BCUT2D eigenvalue weighted by Crippen LogP contribution is 2.46. The number of hydrogen-bond acceptors (Lipinski definition) is 4. The van der Waals surface area contributed by atoms with Crippen LogP contribution in [0, 0.1) is 0 Å². The second-order valence-corrected chi connectivity index (χ2v) is 10.9. The highest BCUT2D eigenvalue weighted by Gasteiger charge is 2.32. The van der Waals surface area contributed by atoms with Crippen LogP contribution in [-0.2, 0) is 4.57 Å². The summed E-state index contributed by atoms with van der Waals surface area (Å²) in [5.41, 5.74) is 1.73. The number of hydrogen-bond donors (Lipinski definition) is 3. The van der Waals surface area contributed by atoms with Gasteiger partial charge in [0.15, 0.2) is 7.14 Å². The zero-order valence-corrected chi connectivity index (χ0v) is 19.0. The summed E-state index contributed by atoms with van der Waals surface area (Å²) in [5, 5.41) is 2.37. The highest BCUT2D eigenvalue weighted by molar-refractivity contribution is 7.85. The molecular formula is C24H19OPS3. The Labute approximate surface area is 187 Å². The van der Waals surface area contributed by atoms with E-state index in [0.717, 1.165) is 41.7 Å². The monoisotopic (exact) mass is 450 g/mol. The first-order valence-electron chi connectivity index (χ1n) is 9.08. The van der Waals surface area contributed by atoms with Gasteiger partial charge in [0.1, 0.15) is 0 Å². The van der Waals surface area contributed by atoms with Crippen molar-refractivity contribution in [2.45, 2.75) is 14.7 Å². The molecule has 0 aromatic heterocycles. The molecule has 0 aliphatic carbocycles. The summed E-state index contributed by atoms with van der Waals surface area (Å²) in [4.78, 5) is 2.29. The standard InChI is InChI=1S/C24H19OPS3/c25-26(17-9-3-1-4-10-17,18-11-5-2-6-12-18)21-14-8-7-13-20(21)24-22(28)15-19(27)16-23(24)29/h1-16,27-29H. The second-order valence-electron chi connectivity index (χ2n) is 6.66. The lowest BCUT2D eigenvalue weighted by molar-refractivity contribution is 0.592. The van der Waals surface area contributed by atoms with E-state index in [0.29, 0.717) is 0 Å². The Kier molecular flexibility index (Phi) is 5.98. The first kappa shape index (κ1) is 20.4. The molecule has 0 saturated heterocycles. The van der Waals surface area contributed by atoms with E-state index in [1.807, 2.05) is 97.1 Å². The van der Waals surface area contributed by atoms with Crippen molar-refractivity contribution < 1.29 is 4.57 Å². The molecule has 144 valence electrons. The molecule has 0 bridgehead atoms. The van der Waals surface area contributed by atoms with Gasteiger partial charge in [-0.2, -0.15) is 0 Å². The van der Waals surface area contributed by atoms with Crippen LogP contribution in [0.25, 0.3) is 11.1 Å². The molecule has 0 fully saturated rings. The molecule has 0 amide bonds. The maximum absolute atomic E-state index is 14.8. The molecule has 29 heavy (non-hydrogen) atoms. The number of benzene rings is 4. The fourth-order valence-corrected chi connectivity index (χ4v) is 7.71. The molecule has 0 radical (unpaired) electrons. The summed E-state index contributed by atoms with van der Waals surface area (Å²) in [6, 6.07) is 30.9. The highest BCUT2D eigenvalue weighted by atomic mass is 32.1. The van der Waals surface area contributed by atoms with Gasteiger partial charge in [0.05, 0.1) is 0 Å². The van der Waals surface area contributed by atoms with Gasteiger partial charge in [0.2, 0.25) is 0 Å². The first-order valence-corrected chi connectivity index (χ1v) is 12.1. The molecule has 0 saturated carbocycles. The third kappa shape index (κ3) is 3.83. The summed E-state index contributed by atoms with van der Waals surface area (Å²) in [7, 11) is -3.12. The van der Waals surface area contributed by atoms with E-state index in [1.165, 1.54) is 0 Å². The van der Waals surface area contributed by atoms with Crippen molar-refractivity contribution in [2.24, 2.45) is 0 Å². The smallest absolute Gasteiger partial charge is 0.171 e. The van der Waals surface area contributed by atoms with Crippen LogP contribution >= 0.6 is 45.0 Å². The lowest BCUT2D eigenvalue weighted by Crippen LogP contribution is -2.26. The second kappa shape index (κ2) is 8.49. The van der Waals surface area contributed by atoms with Gasteiger partial charge in [0, 0.05) is 36.2 Å². The van der Waals surface area contributed by atoms with Gasteiger partial charge >= 0.3 is 0 Å². The predicted octanol–water partition coefficient (Wildman–Crippen LogP) is 5.86. The molecule has 4 rings (SSSR count). The van der Waals surface area contributed by atoms with E-state index in [2.05, 4.69) is 37.9 Å². The Morgan fingerprint density at radius 1 is 0.586 bits per heavy atom. The van der Waals surface area contributed by atoms with Gasteiger partial charge in [-0.25, -0.2) is 0 Å².